The molecule has 5 heteroatoms. The molecule has 0 aromatic carbocycles. The van der Waals surface area contributed by atoms with E-state index < -0.39 is 0 Å². The number of aromatic nitrogens is 1. The number of nitrogens with two attached hydrogens (primary N) is 1. The highest BCUT2D eigenvalue weighted by molar-refractivity contribution is 7.80. The molecule has 0 aliphatic heterocycles. The van der Waals surface area contributed by atoms with Crippen molar-refractivity contribution in [2.75, 3.05) is 19.8 Å². The van der Waals surface area contributed by atoms with Gasteiger partial charge < -0.3 is 15.2 Å². The summed E-state index contributed by atoms with van der Waals surface area (Å²) in [5.74, 6) is 0.556. The first kappa shape index (κ1) is 12.9. The van der Waals surface area contributed by atoms with Crippen LogP contribution in [0.2, 0.25) is 0 Å². The van der Waals surface area contributed by atoms with E-state index in [1.807, 2.05) is 0 Å². The Morgan fingerprint density at radius 1 is 1.38 bits per heavy atom. The Kier molecular flexibility index (Phi) is 5.74. The van der Waals surface area contributed by atoms with Gasteiger partial charge in [0, 0.05) is 24.4 Å². The average Bonchev–Trinajstić information content (AvgIpc) is 2.29. The van der Waals surface area contributed by atoms with E-state index in [1.165, 1.54) is 0 Å². The van der Waals surface area contributed by atoms with E-state index in [4.69, 9.17) is 27.4 Å². The Bertz CT molecular complexity index is 327. The number of ether oxygens (including phenoxy) is 2. The highest BCUT2D eigenvalue weighted by atomic mass is 32.1. The van der Waals surface area contributed by atoms with Crippen molar-refractivity contribution in [2.45, 2.75) is 13.3 Å². The molecule has 0 saturated carbocycles. The van der Waals surface area contributed by atoms with Gasteiger partial charge >= 0.3 is 0 Å². The van der Waals surface area contributed by atoms with Crippen molar-refractivity contribution in [3.8, 4) is 5.88 Å². The third kappa shape index (κ3) is 4.55. The largest absolute Gasteiger partial charge is 0.475 e. The SMILES string of the molecule is CCCOCCOc1ccc(C(N)=S)cn1. The van der Waals surface area contributed by atoms with E-state index >= 15 is 0 Å². The molecule has 0 aliphatic carbocycles. The summed E-state index contributed by atoms with van der Waals surface area (Å²) in [4.78, 5) is 4.41. The Labute approximate surface area is 101 Å². The lowest BCUT2D eigenvalue weighted by Crippen LogP contribution is -2.11. The van der Waals surface area contributed by atoms with Crippen LogP contribution in [0.25, 0.3) is 0 Å². The van der Waals surface area contributed by atoms with Gasteiger partial charge in [-0.25, -0.2) is 4.98 Å². The van der Waals surface area contributed by atoms with Gasteiger partial charge in [-0.2, -0.15) is 0 Å². The molecule has 1 heterocycles. The van der Waals surface area contributed by atoms with Gasteiger partial charge in [0.15, 0.2) is 0 Å². The Balaban J connectivity index is 2.29. The summed E-state index contributed by atoms with van der Waals surface area (Å²) < 4.78 is 10.6. The van der Waals surface area contributed by atoms with Crippen LogP contribution in [0.15, 0.2) is 18.3 Å². The average molecular weight is 240 g/mol. The van der Waals surface area contributed by atoms with E-state index in [9.17, 15) is 0 Å². The first-order valence-corrected chi connectivity index (χ1v) is 5.61. The van der Waals surface area contributed by atoms with Gasteiger partial charge in [0.25, 0.3) is 0 Å². The number of hydrogen-bond donors (Lipinski definition) is 1. The summed E-state index contributed by atoms with van der Waals surface area (Å²) >= 11 is 4.82. The molecule has 16 heavy (non-hydrogen) atoms. The molecule has 0 atom stereocenters. The van der Waals surface area contributed by atoms with E-state index in [-0.39, 0.29) is 0 Å². The van der Waals surface area contributed by atoms with Crippen molar-refractivity contribution in [3.63, 3.8) is 0 Å². The van der Waals surface area contributed by atoms with Gasteiger partial charge in [-0.15, -0.1) is 0 Å². The number of rotatable bonds is 7. The quantitative estimate of drug-likeness (QED) is 0.578. The van der Waals surface area contributed by atoms with Crippen LogP contribution in [-0.4, -0.2) is 29.8 Å². The lowest BCUT2D eigenvalue weighted by Gasteiger charge is -2.06. The van der Waals surface area contributed by atoms with Crippen molar-refractivity contribution in [3.05, 3.63) is 23.9 Å². The number of nitrogens with zero attached hydrogens (tertiary/aromatic N) is 1. The van der Waals surface area contributed by atoms with Crippen molar-refractivity contribution in [2.24, 2.45) is 5.73 Å². The maximum Gasteiger partial charge on any atom is 0.213 e. The molecular weight excluding hydrogens is 224 g/mol. The zero-order valence-electron chi connectivity index (χ0n) is 9.31. The predicted octanol–water partition coefficient (Wildman–Crippen LogP) is 1.52. The highest BCUT2D eigenvalue weighted by Gasteiger charge is 1.98. The van der Waals surface area contributed by atoms with Crippen LogP contribution in [0.4, 0.5) is 0 Å². The second-order valence-corrected chi connectivity index (χ2v) is 3.65. The van der Waals surface area contributed by atoms with E-state index in [0.29, 0.717) is 24.1 Å². The molecule has 1 rings (SSSR count). The third-order valence-electron chi connectivity index (χ3n) is 1.85. The number of hydrogen-bond acceptors (Lipinski definition) is 4. The highest BCUT2D eigenvalue weighted by Crippen LogP contribution is 2.07. The molecule has 0 saturated heterocycles. The predicted molar refractivity (Wildman–Crippen MR) is 66.7 cm³/mol. The van der Waals surface area contributed by atoms with Gasteiger partial charge in [0.1, 0.15) is 11.6 Å². The Morgan fingerprint density at radius 2 is 2.19 bits per heavy atom. The fourth-order valence-corrected chi connectivity index (χ4v) is 1.18. The topological polar surface area (TPSA) is 57.4 Å². The van der Waals surface area contributed by atoms with Crippen LogP contribution >= 0.6 is 12.2 Å². The van der Waals surface area contributed by atoms with Gasteiger partial charge in [-0.1, -0.05) is 19.1 Å². The molecule has 0 bridgehead atoms. The monoisotopic (exact) mass is 240 g/mol. The fraction of sp³-hybridized carbons (Fsp3) is 0.455. The van der Waals surface area contributed by atoms with Crippen LogP contribution in [-0.2, 0) is 4.74 Å². The van der Waals surface area contributed by atoms with E-state index in [0.717, 1.165) is 18.6 Å². The van der Waals surface area contributed by atoms with Crippen molar-refractivity contribution >= 4 is 17.2 Å². The summed E-state index contributed by atoms with van der Waals surface area (Å²) in [5, 5.41) is 0. The second kappa shape index (κ2) is 7.14. The molecule has 2 N–H and O–H groups in total. The molecule has 88 valence electrons. The zero-order valence-corrected chi connectivity index (χ0v) is 10.1. The first-order chi connectivity index (χ1) is 7.74. The molecule has 0 fully saturated rings. The third-order valence-corrected chi connectivity index (χ3v) is 2.08. The van der Waals surface area contributed by atoms with E-state index in [2.05, 4.69) is 11.9 Å². The normalized spacial score (nSPS) is 10.1. The van der Waals surface area contributed by atoms with Crippen LogP contribution < -0.4 is 10.5 Å². The minimum Gasteiger partial charge on any atom is -0.475 e. The number of thiocarbonyl (C=S) groups is 1. The Morgan fingerprint density at radius 3 is 2.75 bits per heavy atom. The molecule has 0 amide bonds. The minimum absolute atomic E-state index is 0.338. The zero-order chi connectivity index (χ0) is 11.8. The number of pyridine rings is 1. The second-order valence-electron chi connectivity index (χ2n) is 3.21. The van der Waals surface area contributed by atoms with Crippen LogP contribution in [0, 0.1) is 0 Å². The summed E-state index contributed by atoms with van der Waals surface area (Å²) in [6.45, 7) is 3.90. The van der Waals surface area contributed by atoms with Crippen molar-refractivity contribution in [1.29, 1.82) is 0 Å². The summed E-state index contributed by atoms with van der Waals surface area (Å²) in [6, 6.07) is 3.53. The maximum absolute atomic E-state index is 5.45. The van der Waals surface area contributed by atoms with E-state index in [1.54, 1.807) is 18.3 Å². The molecule has 4 nitrogen and oxygen atoms in total. The first-order valence-electron chi connectivity index (χ1n) is 5.20. The molecule has 0 radical (unpaired) electrons. The van der Waals surface area contributed by atoms with Crippen LogP contribution in [0.5, 0.6) is 5.88 Å². The lowest BCUT2D eigenvalue weighted by atomic mass is 10.3. The summed E-state index contributed by atoms with van der Waals surface area (Å²) in [7, 11) is 0. The Hall–Kier alpha value is -1.20. The standard InChI is InChI=1S/C11H16N2O2S/c1-2-5-14-6-7-15-10-4-3-9(8-13-10)11(12)16/h3-4,8H,2,5-7H2,1H3,(H2,12,16). The fourth-order valence-electron chi connectivity index (χ4n) is 1.06. The molecule has 0 unspecified atom stereocenters. The van der Waals surface area contributed by atoms with Crippen molar-refractivity contribution in [1.82, 2.24) is 4.98 Å². The maximum atomic E-state index is 5.45. The molecule has 0 aliphatic rings. The lowest BCUT2D eigenvalue weighted by molar-refractivity contribution is 0.0990. The molecule has 1 aromatic heterocycles. The molecule has 0 spiro atoms. The molecular formula is C11H16N2O2S. The summed E-state index contributed by atoms with van der Waals surface area (Å²) in [5.41, 5.74) is 6.19. The smallest absolute Gasteiger partial charge is 0.213 e. The van der Waals surface area contributed by atoms with Crippen LogP contribution in [0.3, 0.4) is 0 Å². The van der Waals surface area contributed by atoms with Gasteiger partial charge in [0.2, 0.25) is 5.88 Å². The van der Waals surface area contributed by atoms with Gasteiger partial charge in [-0.3, -0.25) is 0 Å². The molecule has 1 aromatic rings. The van der Waals surface area contributed by atoms with Crippen LogP contribution in [0.1, 0.15) is 18.9 Å². The summed E-state index contributed by atoms with van der Waals surface area (Å²) in [6.07, 6.45) is 2.62. The van der Waals surface area contributed by atoms with Crippen molar-refractivity contribution < 1.29 is 9.47 Å². The minimum atomic E-state index is 0.338. The van der Waals surface area contributed by atoms with Gasteiger partial charge in [0.05, 0.1) is 6.61 Å². The van der Waals surface area contributed by atoms with Gasteiger partial charge in [-0.05, 0) is 12.5 Å².